The lowest BCUT2D eigenvalue weighted by Crippen LogP contribution is -2.18. The first-order valence-electron chi connectivity index (χ1n) is 5.57. The van der Waals surface area contributed by atoms with Crippen LogP contribution in [0.4, 0.5) is 0 Å². The number of terminal acetylenes is 1. The quantitative estimate of drug-likeness (QED) is 0.766. The second kappa shape index (κ2) is 6.19. The predicted molar refractivity (Wildman–Crippen MR) is 67.5 cm³/mol. The van der Waals surface area contributed by atoms with E-state index in [4.69, 9.17) is 11.2 Å². The van der Waals surface area contributed by atoms with Crippen LogP contribution in [0.25, 0.3) is 0 Å². The molecule has 1 atom stereocenters. The van der Waals surface area contributed by atoms with E-state index in [1.165, 1.54) is 5.56 Å². The van der Waals surface area contributed by atoms with Gasteiger partial charge in [-0.25, -0.2) is 0 Å². The molecule has 0 heterocycles. The van der Waals surface area contributed by atoms with Gasteiger partial charge in [0.15, 0.2) is 0 Å². The zero-order valence-corrected chi connectivity index (χ0v) is 10.2. The van der Waals surface area contributed by atoms with Crippen molar-refractivity contribution in [3.63, 3.8) is 0 Å². The van der Waals surface area contributed by atoms with E-state index in [2.05, 4.69) is 24.2 Å². The molecule has 0 aliphatic rings. The van der Waals surface area contributed by atoms with Crippen LogP contribution in [0, 0.1) is 12.3 Å². The Bertz CT molecular complexity index is 365. The van der Waals surface area contributed by atoms with Gasteiger partial charge in [0.2, 0.25) is 0 Å². The second-order valence-corrected chi connectivity index (χ2v) is 4.05. The van der Waals surface area contributed by atoms with Gasteiger partial charge >= 0.3 is 0 Å². The van der Waals surface area contributed by atoms with E-state index in [9.17, 15) is 0 Å². The lowest BCUT2D eigenvalue weighted by molar-refractivity contribution is 0.242. The highest BCUT2D eigenvalue weighted by Crippen LogP contribution is 2.19. The fourth-order valence-corrected chi connectivity index (χ4v) is 1.46. The third-order valence-corrected chi connectivity index (χ3v) is 2.24. The number of rotatable bonds is 5. The van der Waals surface area contributed by atoms with E-state index in [0.717, 1.165) is 5.75 Å². The Morgan fingerprint density at radius 2 is 2.12 bits per heavy atom. The van der Waals surface area contributed by atoms with Gasteiger partial charge < -0.3 is 4.74 Å². The summed E-state index contributed by atoms with van der Waals surface area (Å²) in [6.45, 7) is 6.71. The molecule has 2 heteroatoms. The zero-order valence-electron chi connectivity index (χ0n) is 10.2. The molecule has 1 unspecified atom stereocenters. The normalized spacial score (nSPS) is 12.2. The summed E-state index contributed by atoms with van der Waals surface area (Å²) < 4.78 is 5.64. The first-order valence-corrected chi connectivity index (χ1v) is 5.57. The zero-order chi connectivity index (χ0) is 12.0. The van der Waals surface area contributed by atoms with Crippen LogP contribution in [-0.4, -0.2) is 12.6 Å². The molecule has 1 rings (SSSR count). The van der Waals surface area contributed by atoms with Crippen molar-refractivity contribution in [3.8, 4) is 18.1 Å². The van der Waals surface area contributed by atoms with E-state index in [1.54, 1.807) is 0 Å². The number of hydrogen-bond acceptors (Lipinski definition) is 2. The molecule has 0 amide bonds. The van der Waals surface area contributed by atoms with E-state index >= 15 is 0 Å². The van der Waals surface area contributed by atoms with E-state index in [0.29, 0.717) is 6.54 Å². The number of nitrogens with one attached hydrogen (secondary N) is 1. The van der Waals surface area contributed by atoms with Gasteiger partial charge in [0.25, 0.3) is 0 Å². The fourth-order valence-electron chi connectivity index (χ4n) is 1.46. The Hall–Kier alpha value is -1.46. The summed E-state index contributed by atoms with van der Waals surface area (Å²) in [5.74, 6) is 3.48. The Morgan fingerprint density at radius 1 is 1.38 bits per heavy atom. The van der Waals surface area contributed by atoms with Gasteiger partial charge in [-0.3, -0.25) is 5.32 Å². The van der Waals surface area contributed by atoms with Crippen molar-refractivity contribution in [3.05, 3.63) is 29.8 Å². The van der Waals surface area contributed by atoms with Gasteiger partial charge in [-0.15, -0.1) is 6.42 Å². The molecule has 0 fully saturated rings. The van der Waals surface area contributed by atoms with Crippen LogP contribution in [0.15, 0.2) is 24.3 Å². The summed E-state index contributed by atoms with van der Waals surface area (Å²) in [6.07, 6.45) is 5.41. The Kier molecular flexibility index (Phi) is 4.88. The van der Waals surface area contributed by atoms with E-state index in [1.807, 2.05) is 32.0 Å². The molecule has 1 aromatic rings. The molecule has 0 aromatic heterocycles. The number of hydrogen-bond donors (Lipinski definition) is 1. The highest BCUT2D eigenvalue weighted by atomic mass is 16.5. The average Bonchev–Trinajstić information content (AvgIpc) is 2.25. The highest BCUT2D eigenvalue weighted by molar-refractivity contribution is 5.30. The van der Waals surface area contributed by atoms with Crippen LogP contribution < -0.4 is 10.1 Å². The van der Waals surface area contributed by atoms with Gasteiger partial charge in [0.1, 0.15) is 5.75 Å². The molecule has 0 saturated carbocycles. The third kappa shape index (κ3) is 3.96. The van der Waals surface area contributed by atoms with Crippen LogP contribution in [0.5, 0.6) is 5.75 Å². The molecule has 0 bridgehead atoms. The molecule has 0 aliphatic heterocycles. The molecular weight excluding hydrogens is 198 g/mol. The Morgan fingerprint density at radius 3 is 2.75 bits per heavy atom. The molecule has 16 heavy (non-hydrogen) atoms. The van der Waals surface area contributed by atoms with Crippen LogP contribution in [0.3, 0.4) is 0 Å². The van der Waals surface area contributed by atoms with Crippen molar-refractivity contribution in [1.82, 2.24) is 5.32 Å². The summed E-state index contributed by atoms with van der Waals surface area (Å²) in [6, 6.07) is 8.33. The summed E-state index contributed by atoms with van der Waals surface area (Å²) in [5.41, 5.74) is 1.19. The topological polar surface area (TPSA) is 21.3 Å². The maximum absolute atomic E-state index is 5.64. The maximum atomic E-state index is 5.64. The molecule has 1 N–H and O–H groups in total. The summed E-state index contributed by atoms with van der Waals surface area (Å²) in [5, 5.41) is 3.24. The minimum absolute atomic E-state index is 0.198. The molecular formula is C14H19NO. The largest absolute Gasteiger partial charge is 0.491 e. The van der Waals surface area contributed by atoms with Crippen LogP contribution >= 0.6 is 0 Å². The maximum Gasteiger partial charge on any atom is 0.120 e. The van der Waals surface area contributed by atoms with Crippen molar-refractivity contribution in [2.45, 2.75) is 32.9 Å². The van der Waals surface area contributed by atoms with Crippen molar-refractivity contribution in [1.29, 1.82) is 0 Å². The first-order chi connectivity index (χ1) is 7.63. The Labute approximate surface area is 98.0 Å². The van der Waals surface area contributed by atoms with Gasteiger partial charge in [0, 0.05) is 6.04 Å². The van der Waals surface area contributed by atoms with Crippen LogP contribution in [0.1, 0.15) is 32.4 Å². The molecule has 0 spiro atoms. The van der Waals surface area contributed by atoms with Crippen molar-refractivity contribution in [2.24, 2.45) is 0 Å². The Balaban J connectivity index is 2.70. The highest BCUT2D eigenvalue weighted by Gasteiger charge is 2.05. The smallest absolute Gasteiger partial charge is 0.120 e. The molecule has 0 radical (unpaired) electrons. The fraction of sp³-hybridized carbons (Fsp3) is 0.429. The first kappa shape index (κ1) is 12.6. The van der Waals surface area contributed by atoms with Crippen LogP contribution in [0.2, 0.25) is 0 Å². The summed E-state index contributed by atoms with van der Waals surface area (Å²) in [4.78, 5) is 0. The predicted octanol–water partition coefficient (Wildman–Crippen LogP) is 2.76. The molecule has 0 saturated heterocycles. The lowest BCUT2D eigenvalue weighted by Gasteiger charge is -2.15. The van der Waals surface area contributed by atoms with Gasteiger partial charge in [-0.05, 0) is 38.5 Å². The molecule has 0 aliphatic carbocycles. The molecule has 86 valence electrons. The van der Waals surface area contributed by atoms with Crippen molar-refractivity contribution in [2.75, 3.05) is 6.54 Å². The summed E-state index contributed by atoms with van der Waals surface area (Å²) in [7, 11) is 0. The summed E-state index contributed by atoms with van der Waals surface area (Å²) >= 11 is 0. The lowest BCUT2D eigenvalue weighted by atomic mass is 10.1. The average molecular weight is 217 g/mol. The van der Waals surface area contributed by atoms with E-state index < -0.39 is 0 Å². The number of benzene rings is 1. The molecule has 1 aromatic carbocycles. The SMILES string of the molecule is C#CCNC(C)c1cccc(OC(C)C)c1. The second-order valence-electron chi connectivity index (χ2n) is 4.05. The van der Waals surface area contributed by atoms with Crippen molar-refractivity contribution >= 4 is 0 Å². The number of ether oxygens (including phenoxy) is 1. The van der Waals surface area contributed by atoms with Gasteiger partial charge in [-0.2, -0.15) is 0 Å². The van der Waals surface area contributed by atoms with Crippen molar-refractivity contribution < 1.29 is 4.74 Å². The third-order valence-electron chi connectivity index (χ3n) is 2.24. The van der Waals surface area contributed by atoms with Gasteiger partial charge in [0.05, 0.1) is 12.6 Å². The van der Waals surface area contributed by atoms with E-state index in [-0.39, 0.29) is 12.1 Å². The monoisotopic (exact) mass is 217 g/mol. The molecule has 2 nitrogen and oxygen atoms in total. The standard InChI is InChI=1S/C14H19NO/c1-5-9-15-12(4)13-7-6-8-14(10-13)16-11(2)3/h1,6-8,10-12,15H,9H2,2-4H3. The minimum Gasteiger partial charge on any atom is -0.491 e. The van der Waals surface area contributed by atoms with Crippen LogP contribution in [-0.2, 0) is 0 Å². The minimum atomic E-state index is 0.198. The van der Waals surface area contributed by atoms with Gasteiger partial charge in [-0.1, -0.05) is 18.1 Å².